The number of halogens is 1. The summed E-state index contributed by atoms with van der Waals surface area (Å²) in [5.41, 5.74) is 7.21. The van der Waals surface area contributed by atoms with Gasteiger partial charge in [-0.1, -0.05) is 18.2 Å². The average molecular weight is 388 g/mol. The summed E-state index contributed by atoms with van der Waals surface area (Å²) in [5.74, 6) is 0.663. The maximum atomic E-state index is 6.00. The summed E-state index contributed by atoms with van der Waals surface area (Å²) >= 11 is 0. The van der Waals surface area contributed by atoms with Gasteiger partial charge in [0.05, 0.1) is 6.54 Å². The minimum atomic E-state index is 0. The molecular weight excluding hydrogens is 363 g/mol. The third-order valence-corrected chi connectivity index (χ3v) is 3.80. The Hall–Kier alpha value is -0.980. The van der Waals surface area contributed by atoms with Crippen LogP contribution in [0.15, 0.2) is 35.3 Å². The molecule has 1 aliphatic carbocycles. The number of para-hydroxylation sites is 1. The first-order valence-corrected chi connectivity index (χ1v) is 6.90. The van der Waals surface area contributed by atoms with E-state index in [1.165, 1.54) is 18.5 Å². The molecule has 0 bridgehead atoms. The van der Waals surface area contributed by atoms with Gasteiger partial charge in [-0.05, 0) is 31.9 Å². The van der Waals surface area contributed by atoms with E-state index >= 15 is 0 Å². The van der Waals surface area contributed by atoms with Gasteiger partial charge in [-0.3, -0.25) is 4.99 Å². The van der Waals surface area contributed by atoms with Gasteiger partial charge in [-0.2, -0.15) is 0 Å². The largest absolute Gasteiger partial charge is 0.370 e. The number of hydrogen-bond acceptors (Lipinski definition) is 2. The molecule has 0 amide bonds. The molecule has 1 atom stereocenters. The summed E-state index contributed by atoms with van der Waals surface area (Å²) in [6.45, 7) is 2.88. The molecule has 0 aliphatic heterocycles. The van der Waals surface area contributed by atoms with Gasteiger partial charge in [0.15, 0.2) is 5.96 Å². The van der Waals surface area contributed by atoms with Crippen LogP contribution in [0.5, 0.6) is 0 Å². The molecule has 20 heavy (non-hydrogen) atoms. The molecule has 4 nitrogen and oxygen atoms in total. The highest BCUT2D eigenvalue weighted by Crippen LogP contribution is 2.24. The van der Waals surface area contributed by atoms with Crippen molar-refractivity contribution in [2.24, 2.45) is 10.7 Å². The average Bonchev–Trinajstić information content (AvgIpc) is 3.28. The number of guanidine groups is 1. The molecule has 1 unspecified atom stereocenters. The Balaban J connectivity index is 0.00000200. The number of nitrogens with two attached hydrogens (primary N) is 1. The molecule has 1 saturated carbocycles. The number of aliphatic imine (C=N–C) groups is 1. The number of benzene rings is 1. The Labute approximate surface area is 139 Å². The number of nitrogens with zero attached hydrogens (tertiary/aromatic N) is 3. The molecule has 1 aliphatic rings. The molecule has 1 fully saturated rings. The molecule has 0 aromatic heterocycles. The molecule has 1 aromatic carbocycles. The van der Waals surface area contributed by atoms with Crippen molar-refractivity contribution in [3.63, 3.8) is 0 Å². The van der Waals surface area contributed by atoms with Crippen molar-refractivity contribution in [1.29, 1.82) is 0 Å². The van der Waals surface area contributed by atoms with Crippen LogP contribution >= 0.6 is 24.0 Å². The highest BCUT2D eigenvalue weighted by molar-refractivity contribution is 14.0. The van der Waals surface area contributed by atoms with Crippen LogP contribution in [-0.2, 0) is 0 Å². The van der Waals surface area contributed by atoms with Crippen molar-refractivity contribution in [1.82, 2.24) is 4.90 Å². The molecule has 2 N–H and O–H groups in total. The van der Waals surface area contributed by atoms with Gasteiger partial charge in [-0.25, -0.2) is 0 Å². The maximum Gasteiger partial charge on any atom is 0.191 e. The van der Waals surface area contributed by atoms with Crippen LogP contribution in [0, 0.1) is 0 Å². The fraction of sp³-hybridized carbons (Fsp3) is 0.533. The van der Waals surface area contributed by atoms with Crippen molar-refractivity contribution < 1.29 is 0 Å². The molecule has 0 saturated heterocycles. The molecule has 1 aromatic rings. The Bertz CT molecular complexity index is 431. The van der Waals surface area contributed by atoms with E-state index in [2.05, 4.69) is 53.0 Å². The molecule has 0 spiro atoms. The van der Waals surface area contributed by atoms with E-state index in [1.807, 2.05) is 13.1 Å². The first kappa shape index (κ1) is 17.1. The summed E-state index contributed by atoms with van der Waals surface area (Å²) < 4.78 is 0. The zero-order valence-electron chi connectivity index (χ0n) is 12.5. The molecule has 0 heterocycles. The van der Waals surface area contributed by atoms with Gasteiger partial charge in [0, 0.05) is 31.9 Å². The van der Waals surface area contributed by atoms with Crippen molar-refractivity contribution in [2.45, 2.75) is 31.8 Å². The Morgan fingerprint density at radius 1 is 1.30 bits per heavy atom. The number of anilines is 1. The SMILES string of the molecule is CC(CN=C(N)N(C)C1CC1)N(C)c1ccccc1.I. The Morgan fingerprint density at radius 3 is 2.45 bits per heavy atom. The summed E-state index contributed by atoms with van der Waals surface area (Å²) in [7, 11) is 4.12. The molecular formula is C15H25IN4. The normalized spacial score (nSPS) is 16.2. The first-order valence-electron chi connectivity index (χ1n) is 6.90. The monoisotopic (exact) mass is 388 g/mol. The Kier molecular flexibility index (Phi) is 6.58. The minimum Gasteiger partial charge on any atom is -0.370 e. The standard InChI is InChI=1S/C15H24N4.HI/c1-12(18(2)13-7-5-4-6-8-13)11-17-15(16)19(3)14-9-10-14;/h4-8,12,14H,9-11H2,1-3H3,(H2,16,17);1H. The van der Waals surface area contributed by atoms with Crippen LogP contribution in [0.3, 0.4) is 0 Å². The molecule has 0 radical (unpaired) electrons. The van der Waals surface area contributed by atoms with Crippen LogP contribution in [0.25, 0.3) is 0 Å². The van der Waals surface area contributed by atoms with E-state index in [9.17, 15) is 0 Å². The minimum absolute atomic E-state index is 0. The lowest BCUT2D eigenvalue weighted by Gasteiger charge is -2.26. The lowest BCUT2D eigenvalue weighted by Crippen LogP contribution is -2.38. The third kappa shape index (κ3) is 4.54. The zero-order chi connectivity index (χ0) is 13.8. The second-order valence-corrected chi connectivity index (χ2v) is 5.34. The van der Waals surface area contributed by atoms with Crippen molar-refractivity contribution >= 4 is 35.6 Å². The van der Waals surface area contributed by atoms with Crippen molar-refractivity contribution in [3.05, 3.63) is 30.3 Å². The van der Waals surface area contributed by atoms with Gasteiger partial charge >= 0.3 is 0 Å². The first-order chi connectivity index (χ1) is 9.09. The topological polar surface area (TPSA) is 44.9 Å². The number of hydrogen-bond donors (Lipinski definition) is 1. The predicted molar refractivity (Wildman–Crippen MR) is 97.0 cm³/mol. The molecule has 2 rings (SSSR count). The van der Waals surface area contributed by atoms with Gasteiger partial charge in [0.25, 0.3) is 0 Å². The van der Waals surface area contributed by atoms with Gasteiger partial charge in [0.1, 0.15) is 0 Å². The van der Waals surface area contributed by atoms with E-state index in [1.54, 1.807) is 0 Å². The van der Waals surface area contributed by atoms with Crippen LogP contribution in [0.2, 0.25) is 0 Å². The van der Waals surface area contributed by atoms with E-state index in [0.717, 1.165) is 0 Å². The molecule has 112 valence electrons. The van der Waals surface area contributed by atoms with Crippen LogP contribution in [-0.4, -0.2) is 43.6 Å². The zero-order valence-corrected chi connectivity index (χ0v) is 14.8. The third-order valence-electron chi connectivity index (χ3n) is 3.80. The fourth-order valence-corrected chi connectivity index (χ4v) is 2.03. The van der Waals surface area contributed by atoms with Crippen LogP contribution in [0.4, 0.5) is 5.69 Å². The van der Waals surface area contributed by atoms with Crippen LogP contribution in [0.1, 0.15) is 19.8 Å². The van der Waals surface area contributed by atoms with Gasteiger partial charge < -0.3 is 15.5 Å². The summed E-state index contributed by atoms with van der Waals surface area (Å²) in [6.07, 6.45) is 2.48. The lowest BCUT2D eigenvalue weighted by molar-refractivity contribution is 0.486. The number of rotatable bonds is 5. The second kappa shape index (κ2) is 7.71. The molecule has 5 heteroatoms. The summed E-state index contributed by atoms with van der Waals surface area (Å²) in [4.78, 5) is 8.83. The van der Waals surface area contributed by atoms with Gasteiger partial charge in [0.2, 0.25) is 0 Å². The predicted octanol–water partition coefficient (Wildman–Crippen LogP) is 2.54. The van der Waals surface area contributed by atoms with Crippen molar-refractivity contribution in [2.75, 3.05) is 25.5 Å². The van der Waals surface area contributed by atoms with Crippen LogP contribution < -0.4 is 10.6 Å². The van der Waals surface area contributed by atoms with E-state index in [4.69, 9.17) is 5.73 Å². The quantitative estimate of drug-likeness (QED) is 0.479. The van der Waals surface area contributed by atoms with Gasteiger partial charge in [-0.15, -0.1) is 24.0 Å². The summed E-state index contributed by atoms with van der Waals surface area (Å²) in [5, 5.41) is 0. The van der Waals surface area contributed by atoms with Crippen molar-refractivity contribution in [3.8, 4) is 0 Å². The highest BCUT2D eigenvalue weighted by atomic mass is 127. The second-order valence-electron chi connectivity index (χ2n) is 5.34. The van der Waals surface area contributed by atoms with E-state index in [-0.39, 0.29) is 24.0 Å². The smallest absolute Gasteiger partial charge is 0.191 e. The number of likely N-dealkylation sites (N-methyl/N-ethyl adjacent to an activating group) is 1. The fourth-order valence-electron chi connectivity index (χ4n) is 2.03. The van der Waals surface area contributed by atoms with E-state index in [0.29, 0.717) is 24.6 Å². The van der Waals surface area contributed by atoms with E-state index < -0.39 is 0 Å². The maximum absolute atomic E-state index is 6.00. The summed E-state index contributed by atoms with van der Waals surface area (Å²) in [6, 6.07) is 11.3. The Morgan fingerprint density at radius 2 is 1.90 bits per heavy atom. The highest BCUT2D eigenvalue weighted by Gasteiger charge is 2.27. The lowest BCUT2D eigenvalue weighted by atomic mass is 10.2.